The number of rotatable bonds is 1. The fourth-order valence-corrected chi connectivity index (χ4v) is 1.85. The third kappa shape index (κ3) is 1.52. The third-order valence-corrected chi connectivity index (χ3v) is 2.79. The molecule has 0 bridgehead atoms. The van der Waals surface area contributed by atoms with Crippen molar-refractivity contribution in [1.82, 2.24) is 14.3 Å². The van der Waals surface area contributed by atoms with E-state index in [1.54, 1.807) is 10.5 Å². The zero-order valence-electron chi connectivity index (χ0n) is 7.73. The molecule has 0 saturated carbocycles. The van der Waals surface area contributed by atoms with Crippen molar-refractivity contribution < 1.29 is 4.79 Å². The molecule has 5 nitrogen and oxygen atoms in total. The number of nitrogens with one attached hydrogen (secondary N) is 1. The summed E-state index contributed by atoms with van der Waals surface area (Å²) in [5, 5.41) is 3.09. The van der Waals surface area contributed by atoms with Gasteiger partial charge in [-0.1, -0.05) is 11.9 Å². The van der Waals surface area contributed by atoms with Crippen LogP contribution in [0.1, 0.15) is 10.4 Å². The SMILES string of the molecule is CSN1CCNc2ncncc2C1=O. The zero-order valence-corrected chi connectivity index (χ0v) is 8.54. The molecule has 1 aromatic heterocycles. The molecule has 74 valence electrons. The first-order valence-corrected chi connectivity index (χ1v) is 5.41. The first-order valence-electron chi connectivity index (χ1n) is 4.23. The number of fused-ring (bicyclic) bond motifs is 1. The lowest BCUT2D eigenvalue weighted by Gasteiger charge is -2.15. The predicted molar refractivity (Wildman–Crippen MR) is 55.1 cm³/mol. The first kappa shape index (κ1) is 9.26. The average Bonchev–Trinajstić information content (AvgIpc) is 2.39. The second-order valence-electron chi connectivity index (χ2n) is 2.80. The molecule has 0 aromatic carbocycles. The predicted octanol–water partition coefficient (Wildman–Crippen LogP) is 0.622. The van der Waals surface area contributed by atoms with Gasteiger partial charge in [-0.3, -0.25) is 9.10 Å². The molecule has 1 aliphatic heterocycles. The minimum atomic E-state index is -0.0295. The number of carbonyl (C=O) groups excluding carboxylic acids is 1. The van der Waals surface area contributed by atoms with E-state index in [-0.39, 0.29) is 5.91 Å². The van der Waals surface area contributed by atoms with Gasteiger partial charge in [0.2, 0.25) is 0 Å². The Morgan fingerprint density at radius 3 is 3.29 bits per heavy atom. The Balaban J connectivity index is 2.40. The van der Waals surface area contributed by atoms with Gasteiger partial charge in [-0.05, 0) is 0 Å². The van der Waals surface area contributed by atoms with E-state index in [4.69, 9.17) is 0 Å². The van der Waals surface area contributed by atoms with Crippen LogP contribution >= 0.6 is 11.9 Å². The van der Waals surface area contributed by atoms with Gasteiger partial charge in [0.25, 0.3) is 5.91 Å². The minimum absolute atomic E-state index is 0.0295. The first-order chi connectivity index (χ1) is 6.83. The van der Waals surface area contributed by atoms with Crippen molar-refractivity contribution in [2.45, 2.75) is 0 Å². The Labute approximate surface area is 86.1 Å². The van der Waals surface area contributed by atoms with Gasteiger partial charge >= 0.3 is 0 Å². The van der Waals surface area contributed by atoms with Gasteiger partial charge in [0.05, 0.1) is 0 Å². The second-order valence-corrected chi connectivity index (χ2v) is 3.61. The third-order valence-electron chi connectivity index (χ3n) is 2.00. The van der Waals surface area contributed by atoms with Crippen LogP contribution in [-0.4, -0.2) is 39.5 Å². The number of amides is 1. The number of aromatic nitrogens is 2. The van der Waals surface area contributed by atoms with Crippen LogP contribution in [0.2, 0.25) is 0 Å². The van der Waals surface area contributed by atoms with Crippen molar-refractivity contribution in [1.29, 1.82) is 0 Å². The van der Waals surface area contributed by atoms with Crippen LogP contribution in [0.15, 0.2) is 12.5 Å². The maximum absolute atomic E-state index is 11.9. The zero-order chi connectivity index (χ0) is 9.97. The minimum Gasteiger partial charge on any atom is -0.367 e. The highest BCUT2D eigenvalue weighted by molar-refractivity contribution is 7.96. The van der Waals surface area contributed by atoms with Crippen LogP contribution in [0.4, 0.5) is 5.82 Å². The number of nitrogens with zero attached hydrogens (tertiary/aromatic N) is 3. The number of hydrogen-bond donors (Lipinski definition) is 1. The van der Waals surface area contributed by atoms with Crippen LogP contribution in [0.3, 0.4) is 0 Å². The fourth-order valence-electron chi connectivity index (χ4n) is 1.31. The van der Waals surface area contributed by atoms with Gasteiger partial charge in [0.15, 0.2) is 0 Å². The molecule has 0 atom stereocenters. The summed E-state index contributed by atoms with van der Waals surface area (Å²) in [5.41, 5.74) is 0.541. The van der Waals surface area contributed by atoms with Crippen molar-refractivity contribution >= 4 is 23.7 Å². The standard InChI is InChI=1S/C8H10N4OS/c1-14-12-3-2-10-7-6(8(12)13)4-9-5-11-7/h4-5H,2-3H2,1H3,(H,9,10,11). The quantitative estimate of drug-likeness (QED) is 0.689. The van der Waals surface area contributed by atoms with Crippen molar-refractivity contribution in [2.75, 3.05) is 24.7 Å². The van der Waals surface area contributed by atoms with Crippen molar-refractivity contribution in [3.8, 4) is 0 Å². The van der Waals surface area contributed by atoms with Crippen LogP contribution < -0.4 is 5.32 Å². The lowest BCUT2D eigenvalue weighted by atomic mass is 10.3. The van der Waals surface area contributed by atoms with Gasteiger partial charge in [0.1, 0.15) is 17.7 Å². The molecule has 6 heteroatoms. The van der Waals surface area contributed by atoms with E-state index in [0.29, 0.717) is 17.9 Å². The van der Waals surface area contributed by atoms with Crippen molar-refractivity contribution in [3.63, 3.8) is 0 Å². The van der Waals surface area contributed by atoms with Crippen molar-refractivity contribution in [2.24, 2.45) is 0 Å². The molecule has 1 N–H and O–H groups in total. The largest absolute Gasteiger partial charge is 0.367 e. The summed E-state index contributed by atoms with van der Waals surface area (Å²) in [7, 11) is 0. The van der Waals surface area contributed by atoms with Crippen LogP contribution in [0.25, 0.3) is 0 Å². The molecule has 0 saturated heterocycles. The Kier molecular flexibility index (Phi) is 2.53. The highest BCUT2D eigenvalue weighted by Gasteiger charge is 2.22. The molecule has 14 heavy (non-hydrogen) atoms. The lowest BCUT2D eigenvalue weighted by Crippen LogP contribution is -2.25. The van der Waals surface area contributed by atoms with Crippen LogP contribution in [-0.2, 0) is 0 Å². The fraction of sp³-hybridized carbons (Fsp3) is 0.375. The molecule has 0 fully saturated rings. The molecule has 0 radical (unpaired) electrons. The summed E-state index contributed by atoms with van der Waals surface area (Å²) in [6.07, 6.45) is 4.87. The smallest absolute Gasteiger partial charge is 0.269 e. The molecule has 1 aliphatic rings. The van der Waals surface area contributed by atoms with E-state index in [2.05, 4.69) is 15.3 Å². The lowest BCUT2D eigenvalue weighted by molar-refractivity contribution is 0.0879. The van der Waals surface area contributed by atoms with Gasteiger partial charge in [-0.25, -0.2) is 9.97 Å². The average molecular weight is 210 g/mol. The normalized spacial score (nSPS) is 15.8. The van der Waals surface area contributed by atoms with E-state index in [9.17, 15) is 4.79 Å². The summed E-state index contributed by atoms with van der Waals surface area (Å²) >= 11 is 1.42. The van der Waals surface area contributed by atoms with E-state index in [1.807, 2.05) is 6.26 Å². The molecule has 2 rings (SSSR count). The van der Waals surface area contributed by atoms with Gasteiger partial charge in [0, 0.05) is 25.5 Å². The second kappa shape index (κ2) is 3.83. The number of hydrogen-bond acceptors (Lipinski definition) is 5. The van der Waals surface area contributed by atoms with Gasteiger partial charge < -0.3 is 5.32 Å². The van der Waals surface area contributed by atoms with Gasteiger partial charge in [-0.2, -0.15) is 0 Å². The Hall–Kier alpha value is -1.30. The maximum atomic E-state index is 11.9. The summed E-state index contributed by atoms with van der Waals surface area (Å²) in [6, 6.07) is 0. The maximum Gasteiger partial charge on any atom is 0.269 e. The van der Waals surface area contributed by atoms with Crippen molar-refractivity contribution in [3.05, 3.63) is 18.1 Å². The Bertz CT molecular complexity index is 357. The van der Waals surface area contributed by atoms with Crippen LogP contribution in [0, 0.1) is 0 Å². The molecule has 2 heterocycles. The monoisotopic (exact) mass is 210 g/mol. The van der Waals surface area contributed by atoms with Crippen LogP contribution in [0.5, 0.6) is 0 Å². The number of carbonyl (C=O) groups is 1. The molecule has 1 amide bonds. The molecular weight excluding hydrogens is 200 g/mol. The molecule has 0 unspecified atom stereocenters. The highest BCUT2D eigenvalue weighted by atomic mass is 32.2. The molecule has 0 aliphatic carbocycles. The molecule has 0 spiro atoms. The highest BCUT2D eigenvalue weighted by Crippen LogP contribution is 2.19. The van der Waals surface area contributed by atoms with Gasteiger partial charge in [-0.15, -0.1) is 0 Å². The Morgan fingerprint density at radius 1 is 1.64 bits per heavy atom. The summed E-state index contributed by atoms with van der Waals surface area (Å²) in [4.78, 5) is 19.7. The van der Waals surface area contributed by atoms with E-state index in [0.717, 1.165) is 6.54 Å². The molecular formula is C8H10N4OS. The molecule has 1 aromatic rings. The summed E-state index contributed by atoms with van der Waals surface area (Å²) in [5.74, 6) is 0.597. The van der Waals surface area contributed by atoms with E-state index >= 15 is 0 Å². The summed E-state index contributed by atoms with van der Waals surface area (Å²) in [6.45, 7) is 1.40. The number of anilines is 1. The topological polar surface area (TPSA) is 58.1 Å². The summed E-state index contributed by atoms with van der Waals surface area (Å²) < 4.78 is 1.70. The Morgan fingerprint density at radius 2 is 2.50 bits per heavy atom. The van der Waals surface area contributed by atoms with E-state index < -0.39 is 0 Å². The van der Waals surface area contributed by atoms with E-state index in [1.165, 1.54) is 18.3 Å².